The number of nitrogens with zero attached hydrogens (tertiary/aromatic N) is 3. The molecule has 136 valence electrons. The van der Waals surface area contributed by atoms with Crippen molar-refractivity contribution in [2.75, 3.05) is 19.7 Å². The molecule has 0 amide bonds. The van der Waals surface area contributed by atoms with Gasteiger partial charge in [0.15, 0.2) is 0 Å². The molecule has 2 aromatic carbocycles. The molecule has 0 saturated carbocycles. The molecule has 2 N–H and O–H groups in total. The van der Waals surface area contributed by atoms with Crippen LogP contribution in [0.2, 0.25) is 0 Å². The van der Waals surface area contributed by atoms with Gasteiger partial charge in [0.25, 0.3) is 0 Å². The summed E-state index contributed by atoms with van der Waals surface area (Å²) in [4.78, 5) is 2.05. The molecule has 0 aliphatic carbocycles. The van der Waals surface area contributed by atoms with Gasteiger partial charge in [-0.2, -0.15) is 5.10 Å². The second-order valence-corrected chi connectivity index (χ2v) is 6.42. The van der Waals surface area contributed by atoms with Gasteiger partial charge in [0.2, 0.25) is 0 Å². The molecule has 1 aromatic heterocycles. The number of aliphatic hydroxyl groups is 2. The monoisotopic (exact) mass is 351 g/mol. The summed E-state index contributed by atoms with van der Waals surface area (Å²) < 4.78 is 1.83. The maximum Gasteiger partial charge on any atom is 0.0947 e. The van der Waals surface area contributed by atoms with E-state index in [4.69, 9.17) is 0 Å². The first-order valence-corrected chi connectivity index (χ1v) is 8.86. The van der Waals surface area contributed by atoms with Crippen LogP contribution in [0, 0.1) is 0 Å². The first-order chi connectivity index (χ1) is 12.7. The molecule has 0 aliphatic rings. The number of rotatable bonds is 9. The molecule has 1 unspecified atom stereocenters. The highest BCUT2D eigenvalue weighted by molar-refractivity contribution is 5.17. The predicted octanol–water partition coefficient (Wildman–Crippen LogP) is 2.46. The van der Waals surface area contributed by atoms with Crippen molar-refractivity contribution < 1.29 is 10.2 Å². The molecule has 0 spiro atoms. The predicted molar refractivity (Wildman–Crippen MR) is 102 cm³/mol. The molecule has 0 bridgehead atoms. The minimum Gasteiger partial charge on any atom is -0.395 e. The molecule has 0 saturated heterocycles. The van der Waals surface area contributed by atoms with Gasteiger partial charge in [-0.1, -0.05) is 60.7 Å². The van der Waals surface area contributed by atoms with Crippen molar-refractivity contribution in [3.63, 3.8) is 0 Å². The zero-order valence-corrected chi connectivity index (χ0v) is 14.8. The molecule has 0 aliphatic heterocycles. The quantitative estimate of drug-likeness (QED) is 0.622. The van der Waals surface area contributed by atoms with Crippen LogP contribution in [-0.2, 0) is 13.1 Å². The summed E-state index contributed by atoms with van der Waals surface area (Å²) in [7, 11) is 0. The molecule has 0 fully saturated rings. The Morgan fingerprint density at radius 3 is 2.27 bits per heavy atom. The minimum atomic E-state index is -0.644. The summed E-state index contributed by atoms with van der Waals surface area (Å²) in [6.07, 6.45) is 2.96. The number of hydrogen-bond donors (Lipinski definition) is 2. The van der Waals surface area contributed by atoms with Gasteiger partial charge in [-0.05, 0) is 11.1 Å². The van der Waals surface area contributed by atoms with Crippen LogP contribution >= 0.6 is 0 Å². The molecule has 1 heterocycles. The van der Waals surface area contributed by atoms with Crippen LogP contribution in [0.4, 0.5) is 0 Å². The summed E-state index contributed by atoms with van der Waals surface area (Å²) in [6.45, 7) is 2.40. The summed E-state index contributed by atoms with van der Waals surface area (Å²) in [5, 5.41) is 24.3. The molecule has 3 aromatic rings. The van der Waals surface area contributed by atoms with E-state index in [1.165, 1.54) is 5.56 Å². The van der Waals surface area contributed by atoms with Gasteiger partial charge in [-0.15, -0.1) is 0 Å². The normalized spacial score (nSPS) is 12.4. The van der Waals surface area contributed by atoms with Crippen molar-refractivity contribution in [2.45, 2.75) is 19.2 Å². The van der Waals surface area contributed by atoms with Gasteiger partial charge in [-0.3, -0.25) is 9.58 Å². The van der Waals surface area contributed by atoms with E-state index in [0.717, 1.165) is 11.1 Å². The second kappa shape index (κ2) is 9.29. The van der Waals surface area contributed by atoms with Gasteiger partial charge >= 0.3 is 0 Å². The zero-order valence-electron chi connectivity index (χ0n) is 14.8. The molecule has 5 heteroatoms. The lowest BCUT2D eigenvalue weighted by Crippen LogP contribution is -2.30. The van der Waals surface area contributed by atoms with E-state index < -0.39 is 6.10 Å². The Morgan fingerprint density at radius 1 is 0.962 bits per heavy atom. The maximum atomic E-state index is 10.6. The number of hydrogen-bond acceptors (Lipinski definition) is 4. The Kier molecular flexibility index (Phi) is 6.55. The summed E-state index contributed by atoms with van der Waals surface area (Å²) in [5.74, 6) is 0. The van der Waals surface area contributed by atoms with E-state index in [9.17, 15) is 10.2 Å². The van der Waals surface area contributed by atoms with Gasteiger partial charge in [-0.25, -0.2) is 0 Å². The lowest BCUT2D eigenvalue weighted by Gasteiger charge is -2.24. The van der Waals surface area contributed by atoms with E-state index in [1.807, 2.05) is 47.3 Å². The number of aromatic nitrogens is 2. The lowest BCUT2D eigenvalue weighted by atomic mass is 10.1. The fraction of sp³-hybridized carbons (Fsp3) is 0.286. The topological polar surface area (TPSA) is 61.5 Å². The third-order valence-electron chi connectivity index (χ3n) is 4.32. The van der Waals surface area contributed by atoms with Crippen molar-refractivity contribution in [1.29, 1.82) is 0 Å². The van der Waals surface area contributed by atoms with Crippen molar-refractivity contribution in [3.05, 3.63) is 89.7 Å². The Labute approximate surface area is 154 Å². The summed E-state index contributed by atoms with van der Waals surface area (Å²) in [6, 6.07) is 20.2. The summed E-state index contributed by atoms with van der Waals surface area (Å²) in [5.41, 5.74) is 3.12. The fourth-order valence-corrected chi connectivity index (χ4v) is 2.98. The van der Waals surface area contributed by atoms with Crippen molar-refractivity contribution in [2.24, 2.45) is 0 Å². The van der Waals surface area contributed by atoms with E-state index in [0.29, 0.717) is 26.2 Å². The molecule has 3 rings (SSSR count). The van der Waals surface area contributed by atoms with Crippen molar-refractivity contribution >= 4 is 0 Å². The van der Waals surface area contributed by atoms with E-state index in [1.54, 1.807) is 6.20 Å². The Balaban J connectivity index is 1.61. The number of aliphatic hydroxyl groups excluding tert-OH is 2. The van der Waals surface area contributed by atoms with Crippen LogP contribution < -0.4 is 0 Å². The van der Waals surface area contributed by atoms with Crippen molar-refractivity contribution in [3.8, 4) is 0 Å². The van der Waals surface area contributed by atoms with E-state index >= 15 is 0 Å². The fourth-order valence-electron chi connectivity index (χ4n) is 2.98. The van der Waals surface area contributed by atoms with Crippen LogP contribution in [0.3, 0.4) is 0 Å². The van der Waals surface area contributed by atoms with E-state index in [2.05, 4.69) is 34.3 Å². The van der Waals surface area contributed by atoms with Gasteiger partial charge in [0.05, 0.1) is 25.5 Å². The molecular formula is C21H25N3O2. The minimum absolute atomic E-state index is 0.0623. The SMILES string of the molecule is OCCN(Cc1ccccc1)CC(O)c1cnn(Cc2ccccc2)c1. The van der Waals surface area contributed by atoms with E-state index in [-0.39, 0.29) is 6.61 Å². The standard InChI is InChI=1S/C21H25N3O2/c25-12-11-23(14-18-7-3-1-4-8-18)17-21(26)20-13-22-24(16-20)15-19-9-5-2-6-10-19/h1-10,13,16,21,25-26H,11-12,14-15,17H2. The highest BCUT2D eigenvalue weighted by Crippen LogP contribution is 2.16. The van der Waals surface area contributed by atoms with Crippen LogP contribution in [0.15, 0.2) is 73.1 Å². The Morgan fingerprint density at radius 2 is 1.62 bits per heavy atom. The first kappa shape index (κ1) is 18.3. The van der Waals surface area contributed by atoms with Crippen LogP contribution in [-0.4, -0.2) is 44.6 Å². The smallest absolute Gasteiger partial charge is 0.0947 e. The average molecular weight is 351 g/mol. The number of benzene rings is 2. The van der Waals surface area contributed by atoms with Crippen LogP contribution in [0.1, 0.15) is 22.8 Å². The second-order valence-electron chi connectivity index (χ2n) is 6.42. The first-order valence-electron chi connectivity index (χ1n) is 8.86. The Bertz CT molecular complexity index is 774. The average Bonchev–Trinajstić information content (AvgIpc) is 3.12. The van der Waals surface area contributed by atoms with Gasteiger partial charge in [0, 0.05) is 31.4 Å². The van der Waals surface area contributed by atoms with Crippen LogP contribution in [0.25, 0.3) is 0 Å². The molecule has 0 radical (unpaired) electrons. The largest absolute Gasteiger partial charge is 0.395 e. The lowest BCUT2D eigenvalue weighted by molar-refractivity contribution is 0.0956. The summed E-state index contributed by atoms with van der Waals surface area (Å²) >= 11 is 0. The highest BCUT2D eigenvalue weighted by atomic mass is 16.3. The van der Waals surface area contributed by atoms with Gasteiger partial charge < -0.3 is 10.2 Å². The van der Waals surface area contributed by atoms with Crippen LogP contribution in [0.5, 0.6) is 0 Å². The molecular weight excluding hydrogens is 326 g/mol. The van der Waals surface area contributed by atoms with Crippen molar-refractivity contribution in [1.82, 2.24) is 14.7 Å². The third kappa shape index (κ3) is 5.26. The zero-order chi connectivity index (χ0) is 18.2. The Hall–Kier alpha value is -2.47. The molecule has 5 nitrogen and oxygen atoms in total. The van der Waals surface area contributed by atoms with Gasteiger partial charge in [0.1, 0.15) is 0 Å². The molecule has 26 heavy (non-hydrogen) atoms. The maximum absolute atomic E-state index is 10.6. The molecule has 1 atom stereocenters. The third-order valence-corrected chi connectivity index (χ3v) is 4.32. The highest BCUT2D eigenvalue weighted by Gasteiger charge is 2.15.